The van der Waals surface area contributed by atoms with Gasteiger partial charge >= 0.3 is 0 Å². The zero-order chi connectivity index (χ0) is 13.5. The van der Waals surface area contributed by atoms with Gasteiger partial charge in [0.2, 0.25) is 0 Å². The summed E-state index contributed by atoms with van der Waals surface area (Å²) in [7, 11) is 0. The first-order valence-corrected chi connectivity index (χ1v) is 6.55. The van der Waals surface area contributed by atoms with Gasteiger partial charge in [-0.05, 0) is 18.2 Å². The maximum absolute atomic E-state index is 6.06. The van der Waals surface area contributed by atoms with Crippen LogP contribution in [-0.2, 0) is 0 Å². The van der Waals surface area contributed by atoms with E-state index in [1.54, 1.807) is 6.33 Å². The predicted molar refractivity (Wildman–Crippen MR) is 78.7 cm³/mol. The van der Waals surface area contributed by atoms with Gasteiger partial charge in [-0.25, -0.2) is 4.98 Å². The summed E-state index contributed by atoms with van der Waals surface area (Å²) in [5, 5.41) is 10.1. The lowest BCUT2D eigenvalue weighted by Gasteiger charge is -2.02. The summed E-state index contributed by atoms with van der Waals surface area (Å²) in [4.78, 5) is 4.43. The van der Waals surface area contributed by atoms with E-state index in [0.717, 1.165) is 27.9 Å². The molecule has 20 heavy (non-hydrogen) atoms. The third-order valence-electron chi connectivity index (χ3n) is 3.24. The Morgan fingerprint density at radius 2 is 1.80 bits per heavy atom. The van der Waals surface area contributed by atoms with E-state index in [1.807, 2.05) is 52.9 Å². The molecule has 0 amide bonds. The minimum atomic E-state index is 0.664. The molecule has 0 saturated heterocycles. The topological polar surface area (TPSA) is 43.1 Å². The van der Waals surface area contributed by atoms with E-state index in [2.05, 4.69) is 15.2 Å². The largest absolute Gasteiger partial charge is 0.265 e. The molecule has 0 radical (unpaired) electrons. The Kier molecular flexibility index (Phi) is 2.44. The third-order valence-corrected chi connectivity index (χ3v) is 3.47. The molecule has 2 aromatic carbocycles. The first-order valence-electron chi connectivity index (χ1n) is 6.17. The SMILES string of the molecule is Clc1ccc2ncn3c(-c4ccccc4)nnc3c2c1. The summed E-state index contributed by atoms with van der Waals surface area (Å²) in [6, 6.07) is 15.5. The van der Waals surface area contributed by atoms with Gasteiger partial charge in [0.05, 0.1) is 5.52 Å². The number of rotatable bonds is 1. The lowest BCUT2D eigenvalue weighted by Crippen LogP contribution is -1.92. The van der Waals surface area contributed by atoms with Gasteiger partial charge in [0.1, 0.15) is 6.33 Å². The molecule has 0 aliphatic carbocycles. The van der Waals surface area contributed by atoms with Crippen molar-refractivity contribution >= 4 is 28.2 Å². The Hall–Kier alpha value is -2.46. The fraction of sp³-hybridized carbons (Fsp3) is 0. The Morgan fingerprint density at radius 1 is 0.950 bits per heavy atom. The molecule has 0 atom stereocenters. The van der Waals surface area contributed by atoms with Crippen LogP contribution in [0.3, 0.4) is 0 Å². The molecule has 0 unspecified atom stereocenters. The van der Waals surface area contributed by atoms with Crippen LogP contribution in [0.4, 0.5) is 0 Å². The van der Waals surface area contributed by atoms with Crippen LogP contribution >= 0.6 is 11.6 Å². The van der Waals surface area contributed by atoms with Gasteiger partial charge in [-0.2, -0.15) is 0 Å². The number of benzene rings is 2. The predicted octanol–water partition coefficient (Wildman–Crippen LogP) is 3.60. The molecule has 4 nitrogen and oxygen atoms in total. The van der Waals surface area contributed by atoms with Crippen molar-refractivity contribution in [2.45, 2.75) is 0 Å². The highest BCUT2D eigenvalue weighted by Gasteiger charge is 2.11. The molecule has 4 aromatic rings. The van der Waals surface area contributed by atoms with Crippen LogP contribution in [-0.4, -0.2) is 19.6 Å². The van der Waals surface area contributed by atoms with Crippen LogP contribution in [0.1, 0.15) is 0 Å². The van der Waals surface area contributed by atoms with Gasteiger partial charge in [0.15, 0.2) is 11.5 Å². The standard InChI is InChI=1S/C15H9ClN4/c16-11-6-7-13-12(8-11)15-19-18-14(20(15)9-17-13)10-4-2-1-3-5-10/h1-9H. The third kappa shape index (κ3) is 1.66. The summed E-state index contributed by atoms with van der Waals surface area (Å²) >= 11 is 6.06. The molecule has 2 heterocycles. The van der Waals surface area contributed by atoms with Gasteiger partial charge in [0, 0.05) is 16.0 Å². The Bertz CT molecular complexity index is 915. The first-order chi connectivity index (χ1) is 9.83. The first kappa shape index (κ1) is 11.4. The zero-order valence-corrected chi connectivity index (χ0v) is 11.1. The summed E-state index contributed by atoms with van der Waals surface area (Å²) in [5.41, 5.74) is 2.62. The lowest BCUT2D eigenvalue weighted by molar-refractivity contribution is 1.09. The molecular weight excluding hydrogens is 272 g/mol. The smallest absolute Gasteiger partial charge is 0.171 e. The molecule has 0 fully saturated rings. The number of nitrogens with zero attached hydrogens (tertiary/aromatic N) is 4. The Balaban J connectivity index is 2.07. The Labute approximate surface area is 119 Å². The molecule has 0 bridgehead atoms. The zero-order valence-electron chi connectivity index (χ0n) is 10.4. The van der Waals surface area contributed by atoms with Gasteiger partial charge in [-0.15, -0.1) is 10.2 Å². The summed E-state index contributed by atoms with van der Waals surface area (Å²) < 4.78 is 1.88. The van der Waals surface area contributed by atoms with E-state index in [-0.39, 0.29) is 0 Å². The molecule has 5 heteroatoms. The minimum absolute atomic E-state index is 0.664. The second-order valence-electron chi connectivity index (χ2n) is 4.49. The molecule has 0 aliphatic rings. The van der Waals surface area contributed by atoms with Crippen molar-refractivity contribution in [3.63, 3.8) is 0 Å². The number of hydrogen-bond acceptors (Lipinski definition) is 3. The normalized spacial score (nSPS) is 11.2. The molecular formula is C15H9ClN4. The number of hydrogen-bond donors (Lipinski definition) is 0. The molecule has 2 aromatic heterocycles. The number of aromatic nitrogens is 4. The van der Waals surface area contributed by atoms with Crippen LogP contribution < -0.4 is 0 Å². The van der Waals surface area contributed by atoms with Crippen LogP contribution in [0.2, 0.25) is 5.02 Å². The van der Waals surface area contributed by atoms with Crippen LogP contribution in [0.15, 0.2) is 54.9 Å². The van der Waals surface area contributed by atoms with Crippen molar-refractivity contribution in [3.8, 4) is 11.4 Å². The molecule has 0 aliphatic heterocycles. The molecule has 0 N–H and O–H groups in total. The van der Waals surface area contributed by atoms with Crippen molar-refractivity contribution in [2.24, 2.45) is 0 Å². The maximum Gasteiger partial charge on any atom is 0.171 e. The maximum atomic E-state index is 6.06. The van der Waals surface area contributed by atoms with Crippen molar-refractivity contribution in [2.75, 3.05) is 0 Å². The quantitative estimate of drug-likeness (QED) is 0.535. The van der Waals surface area contributed by atoms with Crippen molar-refractivity contribution in [1.29, 1.82) is 0 Å². The minimum Gasteiger partial charge on any atom is -0.265 e. The highest BCUT2D eigenvalue weighted by molar-refractivity contribution is 6.31. The van der Waals surface area contributed by atoms with Crippen molar-refractivity contribution in [1.82, 2.24) is 19.6 Å². The fourth-order valence-electron chi connectivity index (χ4n) is 2.29. The van der Waals surface area contributed by atoms with Gasteiger partial charge < -0.3 is 0 Å². The van der Waals surface area contributed by atoms with Gasteiger partial charge in [-0.1, -0.05) is 41.9 Å². The lowest BCUT2D eigenvalue weighted by atomic mass is 10.2. The number of halogens is 1. The van der Waals surface area contributed by atoms with Crippen LogP contribution in [0.5, 0.6) is 0 Å². The highest BCUT2D eigenvalue weighted by atomic mass is 35.5. The summed E-state index contributed by atoms with van der Waals surface area (Å²) in [6.45, 7) is 0. The van der Waals surface area contributed by atoms with Crippen LogP contribution in [0.25, 0.3) is 27.9 Å². The number of fused-ring (bicyclic) bond motifs is 3. The Morgan fingerprint density at radius 3 is 2.65 bits per heavy atom. The average molecular weight is 281 g/mol. The second kappa shape index (κ2) is 4.28. The summed E-state index contributed by atoms with van der Waals surface area (Å²) in [6.07, 6.45) is 1.74. The highest BCUT2D eigenvalue weighted by Crippen LogP contribution is 2.24. The molecule has 4 rings (SSSR count). The molecule has 96 valence electrons. The van der Waals surface area contributed by atoms with Crippen molar-refractivity contribution in [3.05, 3.63) is 59.9 Å². The van der Waals surface area contributed by atoms with E-state index in [1.165, 1.54) is 0 Å². The summed E-state index contributed by atoms with van der Waals surface area (Å²) in [5.74, 6) is 0.773. The van der Waals surface area contributed by atoms with Gasteiger partial charge in [-0.3, -0.25) is 4.40 Å². The van der Waals surface area contributed by atoms with E-state index in [0.29, 0.717) is 5.02 Å². The molecule has 0 spiro atoms. The second-order valence-corrected chi connectivity index (χ2v) is 4.93. The molecule has 0 saturated carbocycles. The fourth-order valence-corrected chi connectivity index (χ4v) is 2.46. The average Bonchev–Trinajstić information content (AvgIpc) is 2.92. The van der Waals surface area contributed by atoms with E-state index >= 15 is 0 Å². The van der Waals surface area contributed by atoms with Gasteiger partial charge in [0.25, 0.3) is 0 Å². The van der Waals surface area contributed by atoms with E-state index in [9.17, 15) is 0 Å². The monoisotopic (exact) mass is 280 g/mol. The van der Waals surface area contributed by atoms with E-state index < -0.39 is 0 Å². The van der Waals surface area contributed by atoms with Crippen molar-refractivity contribution < 1.29 is 0 Å². The van der Waals surface area contributed by atoms with E-state index in [4.69, 9.17) is 11.6 Å². The van der Waals surface area contributed by atoms with Crippen LogP contribution in [0, 0.1) is 0 Å².